The minimum absolute atomic E-state index is 0.0168. The molecule has 2 fully saturated rings. The molecule has 0 bridgehead atoms. The molecule has 40 nitrogen and oxygen atoms in total. The quantitative estimate of drug-likeness (QED) is 0.0198. The molecule has 0 aliphatic carbocycles. The number of carbonyl (C=O) groups is 16. The second kappa shape index (κ2) is 45.9. The zero-order valence-electron chi connectivity index (χ0n) is 69.1. The van der Waals surface area contributed by atoms with Crippen LogP contribution in [0.25, 0.3) is 10.9 Å². The van der Waals surface area contributed by atoms with E-state index in [9.17, 15) is 82.4 Å². The van der Waals surface area contributed by atoms with Crippen LogP contribution in [0.4, 0.5) is 0 Å². The number of aliphatic hydroxyl groups is 2. The molecule has 654 valence electrons. The van der Waals surface area contributed by atoms with E-state index in [0.717, 1.165) is 10.9 Å². The fraction of sp³-hybridized carbons (Fsp3) is 0.582. The number of carbonyl (C=O) groups excluding carboxylic acids is 16. The molecule has 40 heteroatoms. The summed E-state index contributed by atoms with van der Waals surface area (Å²) in [6.07, 6.45) is 1.82. The number of likely N-dealkylation sites (tertiary alicyclic amines) is 1. The Morgan fingerprint density at radius 2 is 1.18 bits per heavy atom. The number of rotatable bonds is 41. The number of aromatic nitrogens is 3. The van der Waals surface area contributed by atoms with Gasteiger partial charge in [0.15, 0.2) is 0 Å². The lowest BCUT2D eigenvalue weighted by Gasteiger charge is -2.33. The van der Waals surface area contributed by atoms with E-state index >= 15 is 9.59 Å². The summed E-state index contributed by atoms with van der Waals surface area (Å²) in [4.78, 5) is 236. The van der Waals surface area contributed by atoms with Crippen LogP contribution in [0.1, 0.15) is 138 Å². The molecule has 0 spiro atoms. The third-order valence-corrected chi connectivity index (χ3v) is 20.2. The Morgan fingerprint density at radius 3 is 1.78 bits per heavy atom. The molecule has 2 saturated heterocycles. The number of amides is 16. The maximum Gasteiger partial charge on any atom is 0.245 e. The van der Waals surface area contributed by atoms with Crippen molar-refractivity contribution in [1.82, 2.24) is 93.9 Å². The monoisotopic (exact) mass is 1670 g/mol. The summed E-state index contributed by atoms with van der Waals surface area (Å²) in [5.74, 6) is -15.4. The van der Waals surface area contributed by atoms with Crippen LogP contribution in [-0.2, 0) is 96.0 Å². The molecule has 4 aromatic rings. The maximum atomic E-state index is 15.4. The number of para-hydroxylation sites is 1. The number of aromatic hydroxyl groups is 1. The molecule has 0 radical (unpaired) electrons. The Morgan fingerprint density at radius 1 is 0.597 bits per heavy atom. The van der Waals surface area contributed by atoms with Crippen LogP contribution in [0.15, 0.2) is 67.3 Å². The molecular weight excluding hydrogens is 1550 g/mol. The van der Waals surface area contributed by atoms with Crippen molar-refractivity contribution >= 4 is 105 Å². The number of fused-ring (bicyclic) bond motifs is 1. The lowest BCUT2D eigenvalue weighted by atomic mass is 9.99. The van der Waals surface area contributed by atoms with Crippen molar-refractivity contribution in [3.63, 3.8) is 0 Å². The zero-order valence-corrected chi connectivity index (χ0v) is 69.1. The highest BCUT2D eigenvalue weighted by Crippen LogP contribution is 2.23. The van der Waals surface area contributed by atoms with Gasteiger partial charge < -0.3 is 121 Å². The maximum absolute atomic E-state index is 15.4. The van der Waals surface area contributed by atoms with E-state index < -0.39 is 224 Å². The van der Waals surface area contributed by atoms with Gasteiger partial charge in [-0.05, 0) is 119 Å². The van der Waals surface area contributed by atoms with Crippen LogP contribution < -0.4 is 86.3 Å². The lowest BCUT2D eigenvalue weighted by molar-refractivity contribution is -0.145. The van der Waals surface area contributed by atoms with Crippen molar-refractivity contribution in [1.29, 1.82) is 0 Å². The summed E-state index contributed by atoms with van der Waals surface area (Å²) >= 11 is 0. The number of aliphatic hydroxyl groups excluding tert-OH is 2. The van der Waals surface area contributed by atoms with E-state index in [4.69, 9.17) is 17.2 Å². The Bertz CT molecular complexity index is 4190. The molecule has 2 aliphatic heterocycles. The number of imidazole rings is 1. The number of phenolic OH excluding ortho intramolecular Hbond substituents is 1. The predicted octanol–water partition coefficient (Wildman–Crippen LogP) is -4.85. The van der Waals surface area contributed by atoms with Gasteiger partial charge in [-0.1, -0.05) is 85.7 Å². The lowest BCUT2D eigenvalue weighted by Crippen LogP contribution is -2.62. The zero-order chi connectivity index (χ0) is 88.2. The van der Waals surface area contributed by atoms with E-state index in [1.807, 2.05) is 27.7 Å². The van der Waals surface area contributed by atoms with Gasteiger partial charge in [0.1, 0.15) is 78.3 Å². The molecular formula is C79H119N21O19. The summed E-state index contributed by atoms with van der Waals surface area (Å²) < 4.78 is 0. The largest absolute Gasteiger partial charge is 0.508 e. The van der Waals surface area contributed by atoms with Gasteiger partial charge >= 0.3 is 0 Å². The first-order valence-electron chi connectivity index (χ1n) is 40.0. The highest BCUT2D eigenvalue weighted by Gasteiger charge is 2.42. The first kappa shape index (κ1) is 96.2. The van der Waals surface area contributed by atoms with Crippen LogP contribution in [0.5, 0.6) is 5.75 Å². The third kappa shape index (κ3) is 29.7. The number of nitrogens with one attached hydrogen (secondary N) is 15. The average molecular weight is 1670 g/mol. The van der Waals surface area contributed by atoms with Crippen molar-refractivity contribution in [2.45, 2.75) is 231 Å². The highest BCUT2D eigenvalue weighted by molar-refractivity contribution is 6.01. The van der Waals surface area contributed by atoms with E-state index in [0.29, 0.717) is 23.2 Å². The molecule has 0 saturated carbocycles. The van der Waals surface area contributed by atoms with Crippen LogP contribution in [0.2, 0.25) is 0 Å². The van der Waals surface area contributed by atoms with Crippen molar-refractivity contribution in [2.75, 3.05) is 39.3 Å². The molecule has 2 aromatic carbocycles. The van der Waals surface area contributed by atoms with Crippen LogP contribution in [-0.4, -0.2) is 265 Å². The Labute approximate surface area is 689 Å². The predicted molar refractivity (Wildman–Crippen MR) is 432 cm³/mol. The summed E-state index contributed by atoms with van der Waals surface area (Å²) in [6, 6.07) is -6.49. The molecule has 16 amide bonds. The number of hydrogen-bond acceptors (Lipinski definition) is 22. The van der Waals surface area contributed by atoms with Gasteiger partial charge in [0.2, 0.25) is 94.5 Å². The number of primary amides is 2. The molecule has 4 heterocycles. The minimum atomic E-state index is -1.89. The first-order chi connectivity index (χ1) is 56.2. The van der Waals surface area contributed by atoms with Gasteiger partial charge in [-0.3, -0.25) is 76.7 Å². The SMILES string of the molecule is CC(C)C[C@@H]1NC(=O)[C@H](Cc2ccc(O)cc2)N[C@H](CNC(=O)[C@H](C)NC(=O)[C@H](CO)NC(=O)[C@H](CC(N)=O)NC(=O)[C@H](CC(C)C)NC(=O)[C@@H](NC(=O)[C@H](Cc2c[nH]c3ccccc23)NC(=O)CN)[C@@H](C)O)CCN(CC(=O)N2CCC[C@H]2C(=O)N[C@@H](Cc2cnc[nH]2)C(=O)N[C@@H](C)C(=O)N[C@H](C(N)=O)C(C)C)C(=O)[C@H](CC(C)C)NC1=O. The molecule has 24 N–H and O–H groups in total. The smallest absolute Gasteiger partial charge is 0.245 e. The Balaban J connectivity index is 1.22. The normalized spacial score (nSPS) is 19.2. The molecule has 2 aliphatic rings. The van der Waals surface area contributed by atoms with Gasteiger partial charge in [-0.15, -0.1) is 0 Å². The number of nitrogens with zero attached hydrogens (tertiary/aromatic N) is 3. The molecule has 119 heavy (non-hydrogen) atoms. The van der Waals surface area contributed by atoms with E-state index in [1.54, 1.807) is 70.3 Å². The van der Waals surface area contributed by atoms with Gasteiger partial charge in [0, 0.05) is 67.5 Å². The summed E-state index contributed by atoms with van der Waals surface area (Å²) in [5, 5.41) is 66.6. The average Bonchev–Trinajstić information content (AvgIpc) is 1.68. The molecule has 6 rings (SSSR count). The van der Waals surface area contributed by atoms with Crippen molar-refractivity contribution in [3.05, 3.63) is 84.1 Å². The van der Waals surface area contributed by atoms with Crippen LogP contribution in [0.3, 0.4) is 0 Å². The van der Waals surface area contributed by atoms with Crippen molar-refractivity contribution in [2.24, 2.45) is 40.9 Å². The molecule has 0 unspecified atom stereocenters. The second-order valence-corrected chi connectivity index (χ2v) is 31.9. The number of H-pyrrole nitrogens is 2. The van der Waals surface area contributed by atoms with Crippen LogP contribution >= 0.6 is 0 Å². The number of hydrogen-bond donors (Lipinski definition) is 21. The van der Waals surface area contributed by atoms with E-state index in [-0.39, 0.29) is 88.0 Å². The third-order valence-electron chi connectivity index (χ3n) is 20.2. The number of phenols is 1. The Hall–Kier alpha value is -11.6. The summed E-state index contributed by atoms with van der Waals surface area (Å²) in [6.45, 7) is 14.8. The van der Waals surface area contributed by atoms with Crippen molar-refractivity contribution in [3.8, 4) is 5.75 Å². The molecule has 2 aromatic heterocycles. The fourth-order valence-corrected chi connectivity index (χ4v) is 13.8. The minimum Gasteiger partial charge on any atom is -0.508 e. The van der Waals surface area contributed by atoms with Gasteiger partial charge in [-0.2, -0.15) is 0 Å². The van der Waals surface area contributed by atoms with Gasteiger partial charge in [0.05, 0.1) is 44.6 Å². The van der Waals surface area contributed by atoms with Crippen LogP contribution in [0, 0.1) is 23.7 Å². The second-order valence-electron chi connectivity index (χ2n) is 31.9. The van der Waals surface area contributed by atoms with Gasteiger partial charge in [-0.25, -0.2) is 4.98 Å². The van der Waals surface area contributed by atoms with Crippen molar-refractivity contribution < 1.29 is 92.0 Å². The topological polar surface area (TPSA) is 619 Å². The fourth-order valence-electron chi connectivity index (χ4n) is 13.8. The summed E-state index contributed by atoms with van der Waals surface area (Å²) in [5.41, 5.74) is 18.9. The highest BCUT2D eigenvalue weighted by atomic mass is 16.3. The standard InChI is InChI=1S/C79H119N21O19/c1-39(2)25-53-72(112)95-59(27-41(5)6)79(119)99(36-64(106)100-23-14-17-61(100)77(117)93-57(30-49-34-83-38-86-49)70(110)88-44(10)69(109)97-65(42(7)8)67(82)107)24-22-48(89-55(73(113)91-53)28-46-18-20-50(103)21-19-46)35-85-68(108)43(9)87-76(116)60(37-101)96-74(114)58(31-62(81)104)92-71(111)54(26-40(3)4)94-78(118)66(45(11)102)98-75(115)56(90-63(105)32-80)29-47-33-84-52-16-13-12-15-51(47)52/h12-13,15-16,18-21,33-34,38-45,48,53-61,65-66,84,89,101-103H,14,17,22-32,35-37,80H2,1-11H3,(H2,81,104)(H2,82,107)(H,83,86)(H,85,108)(H,87,116)(H,88,110)(H,90,105)(H,91,113)(H,92,111)(H,93,117)(H,94,118)(H,95,112)(H,96,114)(H,97,109)(H,98,115)/t43-,44-,45+,48-,53-,54-,55-,56-,57-,58-,59-,60-,61-,65-,66-/m0/s1. The van der Waals surface area contributed by atoms with Gasteiger partial charge in [0.25, 0.3) is 0 Å². The Kier molecular flexibility index (Phi) is 37.1. The van der Waals surface area contributed by atoms with E-state index in [2.05, 4.69) is 84.1 Å². The number of nitrogens with two attached hydrogens (primary N) is 3. The summed E-state index contributed by atoms with van der Waals surface area (Å²) in [7, 11) is 0. The number of benzene rings is 2. The first-order valence-corrected chi connectivity index (χ1v) is 40.0. The number of aromatic amines is 2. The van der Waals surface area contributed by atoms with E-state index in [1.165, 1.54) is 55.2 Å². The molecule has 15 atom stereocenters.